The fourth-order valence-corrected chi connectivity index (χ4v) is 2.46. The minimum Gasteiger partial charge on any atom is -0.231 e. The minimum absolute atomic E-state index is 0.157. The molecule has 0 atom stereocenters. The molecule has 122 valence electrons. The molecule has 0 saturated carbocycles. The van der Waals surface area contributed by atoms with E-state index < -0.39 is 17.8 Å². The van der Waals surface area contributed by atoms with Gasteiger partial charge in [0.05, 0.1) is 11.3 Å². The van der Waals surface area contributed by atoms with Gasteiger partial charge in [-0.15, -0.1) is 0 Å². The van der Waals surface area contributed by atoms with Gasteiger partial charge in [-0.05, 0) is 30.7 Å². The van der Waals surface area contributed by atoms with Gasteiger partial charge in [0, 0.05) is 17.5 Å². The van der Waals surface area contributed by atoms with Gasteiger partial charge in [0.15, 0.2) is 5.16 Å². The van der Waals surface area contributed by atoms with E-state index in [2.05, 4.69) is 9.97 Å². The maximum atomic E-state index is 12.7. The Morgan fingerprint density at radius 2 is 1.96 bits per heavy atom. The first-order valence-electron chi connectivity index (χ1n) is 6.51. The number of rotatable bonds is 5. The number of halogens is 5. The number of aromatic nitrogens is 2. The van der Waals surface area contributed by atoms with Crippen LogP contribution >= 0.6 is 11.8 Å². The standard InChI is InChI=1S/C15H11F5N2S/c16-13(17)5-2-8-23-14-21-7-6-12(22-14)10-3-1-4-11(9-10)15(18,19)20/h1,3-7,9H,2,8H2. The van der Waals surface area contributed by atoms with Crippen molar-refractivity contribution in [3.8, 4) is 11.3 Å². The molecule has 0 saturated heterocycles. The lowest BCUT2D eigenvalue weighted by Crippen LogP contribution is -2.04. The lowest BCUT2D eigenvalue weighted by molar-refractivity contribution is -0.137. The van der Waals surface area contributed by atoms with Gasteiger partial charge in [0.1, 0.15) is 0 Å². The van der Waals surface area contributed by atoms with E-state index in [9.17, 15) is 22.0 Å². The zero-order chi connectivity index (χ0) is 16.9. The average molecular weight is 346 g/mol. The molecule has 0 unspecified atom stereocenters. The Balaban J connectivity index is 2.15. The number of nitrogens with zero attached hydrogens (tertiary/aromatic N) is 2. The number of benzene rings is 1. The van der Waals surface area contributed by atoms with E-state index in [-0.39, 0.29) is 6.42 Å². The maximum Gasteiger partial charge on any atom is 0.416 e. The zero-order valence-electron chi connectivity index (χ0n) is 11.6. The van der Waals surface area contributed by atoms with Crippen LogP contribution in [0.5, 0.6) is 0 Å². The number of hydrogen-bond acceptors (Lipinski definition) is 3. The van der Waals surface area contributed by atoms with Crippen LogP contribution in [0.2, 0.25) is 0 Å². The largest absolute Gasteiger partial charge is 0.416 e. The molecule has 23 heavy (non-hydrogen) atoms. The van der Waals surface area contributed by atoms with E-state index in [0.717, 1.165) is 30.0 Å². The highest BCUT2D eigenvalue weighted by Crippen LogP contribution is 2.32. The molecule has 8 heteroatoms. The highest BCUT2D eigenvalue weighted by Gasteiger charge is 2.30. The van der Waals surface area contributed by atoms with Crippen molar-refractivity contribution >= 4 is 11.8 Å². The maximum absolute atomic E-state index is 12.7. The van der Waals surface area contributed by atoms with Crippen molar-refractivity contribution in [3.05, 3.63) is 54.2 Å². The van der Waals surface area contributed by atoms with Crippen molar-refractivity contribution in [2.45, 2.75) is 17.8 Å². The van der Waals surface area contributed by atoms with E-state index in [1.165, 1.54) is 24.4 Å². The van der Waals surface area contributed by atoms with Crippen molar-refractivity contribution in [2.24, 2.45) is 0 Å². The Morgan fingerprint density at radius 3 is 2.65 bits per heavy atom. The van der Waals surface area contributed by atoms with E-state index in [4.69, 9.17) is 0 Å². The Labute approximate surface area is 133 Å². The second-order valence-electron chi connectivity index (χ2n) is 4.43. The normalized spacial score (nSPS) is 11.3. The molecular weight excluding hydrogens is 335 g/mol. The summed E-state index contributed by atoms with van der Waals surface area (Å²) in [6.45, 7) is 0. The first-order chi connectivity index (χ1) is 10.9. The fraction of sp³-hybridized carbons (Fsp3) is 0.200. The molecule has 0 N–H and O–H groups in total. The van der Waals surface area contributed by atoms with Crippen LogP contribution in [0.1, 0.15) is 12.0 Å². The first kappa shape index (κ1) is 17.4. The third-order valence-electron chi connectivity index (χ3n) is 2.77. The Morgan fingerprint density at radius 1 is 1.17 bits per heavy atom. The fourth-order valence-electron chi connectivity index (χ4n) is 1.74. The highest BCUT2D eigenvalue weighted by molar-refractivity contribution is 7.99. The van der Waals surface area contributed by atoms with E-state index in [0.29, 0.717) is 22.2 Å². The van der Waals surface area contributed by atoms with Gasteiger partial charge in [-0.2, -0.15) is 22.0 Å². The summed E-state index contributed by atoms with van der Waals surface area (Å²) < 4.78 is 62.0. The second kappa shape index (κ2) is 7.54. The molecule has 2 aromatic rings. The summed E-state index contributed by atoms with van der Waals surface area (Å²) in [5, 5.41) is 0.326. The molecular formula is C15H11F5N2S. The summed E-state index contributed by atoms with van der Waals surface area (Å²) in [6, 6.07) is 6.33. The smallest absolute Gasteiger partial charge is 0.231 e. The van der Waals surface area contributed by atoms with Gasteiger partial charge >= 0.3 is 6.18 Å². The second-order valence-corrected chi connectivity index (χ2v) is 5.50. The SMILES string of the molecule is FC(F)=CCCSc1nccc(-c2cccc(C(F)(F)F)c2)n1. The lowest BCUT2D eigenvalue weighted by Gasteiger charge is -2.08. The zero-order valence-corrected chi connectivity index (χ0v) is 12.5. The number of hydrogen-bond donors (Lipinski definition) is 0. The monoisotopic (exact) mass is 346 g/mol. The van der Waals surface area contributed by atoms with Gasteiger partial charge in [-0.25, -0.2) is 9.97 Å². The summed E-state index contributed by atoms with van der Waals surface area (Å²) >= 11 is 1.16. The van der Waals surface area contributed by atoms with Gasteiger partial charge < -0.3 is 0 Å². The van der Waals surface area contributed by atoms with Crippen LogP contribution in [0.4, 0.5) is 22.0 Å². The summed E-state index contributed by atoms with van der Waals surface area (Å²) in [5.74, 6) is 0.351. The molecule has 2 rings (SSSR count). The van der Waals surface area contributed by atoms with E-state index in [1.807, 2.05) is 0 Å². The molecule has 0 radical (unpaired) electrons. The number of alkyl halides is 3. The van der Waals surface area contributed by atoms with E-state index >= 15 is 0 Å². The van der Waals surface area contributed by atoms with Crippen LogP contribution in [0.25, 0.3) is 11.3 Å². The summed E-state index contributed by atoms with van der Waals surface area (Å²) in [5.41, 5.74) is -0.0917. The van der Waals surface area contributed by atoms with Crippen molar-refractivity contribution in [1.82, 2.24) is 9.97 Å². The van der Waals surface area contributed by atoms with Crippen LogP contribution < -0.4 is 0 Å². The van der Waals surface area contributed by atoms with Crippen molar-refractivity contribution < 1.29 is 22.0 Å². The van der Waals surface area contributed by atoms with Crippen LogP contribution in [-0.2, 0) is 6.18 Å². The quantitative estimate of drug-likeness (QED) is 0.313. The molecule has 0 aliphatic rings. The number of allylic oxidation sites excluding steroid dienone is 1. The van der Waals surface area contributed by atoms with Gasteiger partial charge in [0.25, 0.3) is 6.08 Å². The van der Waals surface area contributed by atoms with E-state index in [1.54, 1.807) is 0 Å². The third kappa shape index (κ3) is 5.31. The first-order valence-corrected chi connectivity index (χ1v) is 7.49. The predicted molar refractivity (Wildman–Crippen MR) is 78.1 cm³/mol. The lowest BCUT2D eigenvalue weighted by atomic mass is 10.1. The molecule has 0 aliphatic carbocycles. The molecule has 0 fully saturated rings. The topological polar surface area (TPSA) is 25.8 Å². The van der Waals surface area contributed by atoms with Crippen molar-refractivity contribution in [1.29, 1.82) is 0 Å². The molecule has 1 aromatic carbocycles. The average Bonchev–Trinajstić information content (AvgIpc) is 2.51. The van der Waals surface area contributed by atoms with Crippen LogP contribution in [-0.4, -0.2) is 15.7 Å². The van der Waals surface area contributed by atoms with Crippen LogP contribution in [0.3, 0.4) is 0 Å². The van der Waals surface area contributed by atoms with Crippen molar-refractivity contribution in [2.75, 3.05) is 5.75 Å². The van der Waals surface area contributed by atoms with Crippen LogP contribution in [0.15, 0.2) is 53.8 Å². The van der Waals surface area contributed by atoms with Gasteiger partial charge in [-0.3, -0.25) is 0 Å². The Kier molecular flexibility index (Phi) is 5.70. The third-order valence-corrected chi connectivity index (χ3v) is 3.66. The predicted octanol–water partition coefficient (Wildman–Crippen LogP) is 5.43. The highest BCUT2D eigenvalue weighted by atomic mass is 32.2. The summed E-state index contributed by atoms with van der Waals surface area (Å²) in [7, 11) is 0. The minimum atomic E-state index is -4.43. The molecule has 1 aromatic heterocycles. The Hall–Kier alpha value is -1.96. The summed E-state index contributed by atoms with van der Waals surface area (Å²) in [4.78, 5) is 8.13. The molecule has 2 nitrogen and oxygen atoms in total. The molecule has 0 bridgehead atoms. The van der Waals surface area contributed by atoms with Crippen molar-refractivity contribution in [3.63, 3.8) is 0 Å². The van der Waals surface area contributed by atoms with Crippen LogP contribution in [0, 0.1) is 0 Å². The summed E-state index contributed by atoms with van der Waals surface area (Å²) in [6.07, 6.45) is -3.79. The molecule has 0 amide bonds. The Bertz CT molecular complexity index is 696. The van der Waals surface area contributed by atoms with Gasteiger partial charge in [0.2, 0.25) is 0 Å². The number of thioether (sulfide) groups is 1. The molecule has 0 aliphatic heterocycles. The van der Waals surface area contributed by atoms with Gasteiger partial charge in [-0.1, -0.05) is 23.9 Å². The molecule has 0 spiro atoms. The molecule has 1 heterocycles.